The molecular weight excluding hydrogens is 412 g/mol. The highest BCUT2D eigenvalue weighted by atomic mass is 16.5. The zero-order valence-corrected chi connectivity index (χ0v) is 19.7. The summed E-state index contributed by atoms with van der Waals surface area (Å²) in [5.41, 5.74) is 3.10. The molecule has 0 fully saturated rings. The number of rotatable bonds is 9. The number of ether oxygens (including phenoxy) is 1. The second kappa shape index (κ2) is 11.3. The van der Waals surface area contributed by atoms with Crippen LogP contribution < -0.4 is 15.0 Å². The Bertz CT molecular complexity index is 1060. The summed E-state index contributed by atoms with van der Waals surface area (Å²) in [7, 11) is 1.74. The van der Waals surface area contributed by atoms with Crippen molar-refractivity contribution in [1.29, 1.82) is 0 Å². The van der Waals surface area contributed by atoms with Gasteiger partial charge in [-0.25, -0.2) is 0 Å². The van der Waals surface area contributed by atoms with Crippen LogP contribution in [0, 0.1) is 0 Å². The third-order valence-electron chi connectivity index (χ3n) is 5.84. The number of nitrogens with zero attached hydrogens (tertiary/aromatic N) is 1. The number of carbonyl (C=O) groups excluding carboxylic acids is 2. The molecule has 3 rings (SSSR count). The Kier molecular flexibility index (Phi) is 8.25. The molecule has 5 nitrogen and oxygen atoms in total. The second-order valence-electron chi connectivity index (χ2n) is 8.13. The summed E-state index contributed by atoms with van der Waals surface area (Å²) >= 11 is 0. The Morgan fingerprint density at radius 1 is 0.879 bits per heavy atom. The van der Waals surface area contributed by atoms with Crippen LogP contribution in [0.25, 0.3) is 0 Å². The van der Waals surface area contributed by atoms with Gasteiger partial charge in [0.05, 0.1) is 0 Å². The van der Waals surface area contributed by atoms with Crippen molar-refractivity contribution in [3.05, 3.63) is 90.0 Å². The summed E-state index contributed by atoms with van der Waals surface area (Å²) in [5, 5.41) is 2.91. The first-order valence-corrected chi connectivity index (χ1v) is 11.4. The fourth-order valence-corrected chi connectivity index (χ4v) is 3.57. The topological polar surface area (TPSA) is 58.6 Å². The Balaban J connectivity index is 1.67. The van der Waals surface area contributed by atoms with E-state index in [1.807, 2.05) is 55.5 Å². The van der Waals surface area contributed by atoms with Crippen molar-refractivity contribution >= 4 is 23.2 Å². The Morgan fingerprint density at radius 3 is 2.15 bits per heavy atom. The third-order valence-corrected chi connectivity index (χ3v) is 5.84. The van der Waals surface area contributed by atoms with Crippen LogP contribution in [0.15, 0.2) is 78.9 Å². The maximum absolute atomic E-state index is 12.9. The van der Waals surface area contributed by atoms with Gasteiger partial charge in [-0.1, -0.05) is 57.2 Å². The highest BCUT2D eigenvalue weighted by molar-refractivity contribution is 6.06. The van der Waals surface area contributed by atoms with Crippen LogP contribution in [-0.2, 0) is 4.79 Å². The van der Waals surface area contributed by atoms with Crippen molar-refractivity contribution in [1.82, 2.24) is 0 Å². The summed E-state index contributed by atoms with van der Waals surface area (Å²) < 4.78 is 6.12. The number of para-hydroxylation sites is 2. The SMILES string of the molecule is CCC(Oc1ccccc1C(C)CC)C(=O)Nc1ccc(C(=O)N(C)c2ccccc2)cc1. The third kappa shape index (κ3) is 6.01. The summed E-state index contributed by atoms with van der Waals surface area (Å²) in [6.07, 6.45) is 0.924. The monoisotopic (exact) mass is 444 g/mol. The van der Waals surface area contributed by atoms with Crippen molar-refractivity contribution < 1.29 is 14.3 Å². The number of benzene rings is 3. The van der Waals surface area contributed by atoms with Crippen LogP contribution in [-0.4, -0.2) is 25.0 Å². The van der Waals surface area contributed by atoms with Crippen molar-refractivity contribution in [2.24, 2.45) is 0 Å². The van der Waals surface area contributed by atoms with Crippen LogP contribution >= 0.6 is 0 Å². The molecule has 0 aliphatic rings. The van der Waals surface area contributed by atoms with Gasteiger partial charge in [0.15, 0.2) is 6.10 Å². The van der Waals surface area contributed by atoms with E-state index in [2.05, 4.69) is 25.2 Å². The summed E-state index contributed by atoms with van der Waals surface area (Å²) in [5.74, 6) is 0.770. The van der Waals surface area contributed by atoms with Crippen LogP contribution in [0.4, 0.5) is 11.4 Å². The molecule has 3 aromatic carbocycles. The highest BCUT2D eigenvalue weighted by Gasteiger charge is 2.21. The Hall–Kier alpha value is -3.60. The molecule has 0 radical (unpaired) electrons. The minimum Gasteiger partial charge on any atom is -0.480 e. The second-order valence-corrected chi connectivity index (χ2v) is 8.13. The highest BCUT2D eigenvalue weighted by Crippen LogP contribution is 2.29. The van der Waals surface area contributed by atoms with E-state index in [4.69, 9.17) is 4.74 Å². The van der Waals surface area contributed by atoms with Gasteiger partial charge in [-0.2, -0.15) is 0 Å². The van der Waals surface area contributed by atoms with Gasteiger partial charge in [0.1, 0.15) is 5.75 Å². The van der Waals surface area contributed by atoms with Gasteiger partial charge >= 0.3 is 0 Å². The maximum atomic E-state index is 12.9. The van der Waals surface area contributed by atoms with E-state index in [0.717, 1.165) is 23.4 Å². The maximum Gasteiger partial charge on any atom is 0.265 e. The van der Waals surface area contributed by atoms with E-state index in [-0.39, 0.29) is 11.8 Å². The molecule has 172 valence electrons. The van der Waals surface area contributed by atoms with Gasteiger partial charge in [0, 0.05) is 24.0 Å². The van der Waals surface area contributed by atoms with Crippen molar-refractivity contribution in [2.45, 2.75) is 45.6 Å². The molecule has 1 N–H and O–H groups in total. The zero-order chi connectivity index (χ0) is 23.8. The fourth-order valence-electron chi connectivity index (χ4n) is 3.57. The fraction of sp³-hybridized carbons (Fsp3) is 0.286. The number of amides is 2. The number of anilines is 2. The molecular formula is C28H32N2O3. The summed E-state index contributed by atoms with van der Waals surface area (Å²) in [6, 6.07) is 24.3. The Labute approximate surface area is 196 Å². The zero-order valence-electron chi connectivity index (χ0n) is 19.7. The summed E-state index contributed by atoms with van der Waals surface area (Å²) in [4.78, 5) is 27.3. The Morgan fingerprint density at radius 2 is 1.52 bits per heavy atom. The standard InChI is InChI=1S/C28H32N2O3/c1-5-20(3)24-14-10-11-15-26(24)33-25(6-2)27(31)29-22-18-16-21(17-19-22)28(32)30(4)23-12-8-7-9-13-23/h7-20,25H,5-6H2,1-4H3,(H,29,31). The predicted molar refractivity (Wildman–Crippen MR) is 134 cm³/mol. The molecule has 0 aromatic heterocycles. The normalized spacial score (nSPS) is 12.5. The predicted octanol–water partition coefficient (Wildman–Crippen LogP) is 6.27. The molecule has 3 aromatic rings. The molecule has 0 spiro atoms. The van der Waals surface area contributed by atoms with E-state index in [1.165, 1.54) is 0 Å². The largest absolute Gasteiger partial charge is 0.480 e. The van der Waals surface area contributed by atoms with Crippen LogP contribution in [0.2, 0.25) is 0 Å². The molecule has 2 amide bonds. The van der Waals surface area contributed by atoms with Gasteiger partial charge in [0.2, 0.25) is 0 Å². The lowest BCUT2D eigenvalue weighted by Gasteiger charge is -2.21. The smallest absolute Gasteiger partial charge is 0.265 e. The van der Waals surface area contributed by atoms with E-state index in [9.17, 15) is 9.59 Å². The van der Waals surface area contributed by atoms with E-state index in [0.29, 0.717) is 23.6 Å². The van der Waals surface area contributed by atoms with Crippen molar-refractivity contribution in [3.8, 4) is 5.75 Å². The lowest BCUT2D eigenvalue weighted by Crippen LogP contribution is -2.32. The van der Waals surface area contributed by atoms with Gasteiger partial charge in [-0.15, -0.1) is 0 Å². The van der Waals surface area contributed by atoms with Gasteiger partial charge in [-0.3, -0.25) is 9.59 Å². The number of hydrogen-bond acceptors (Lipinski definition) is 3. The molecule has 0 saturated carbocycles. The first-order valence-electron chi connectivity index (χ1n) is 11.4. The molecule has 2 unspecified atom stereocenters. The number of carbonyl (C=O) groups is 2. The minimum atomic E-state index is -0.610. The lowest BCUT2D eigenvalue weighted by molar-refractivity contribution is -0.122. The number of hydrogen-bond donors (Lipinski definition) is 1. The van der Waals surface area contributed by atoms with Crippen molar-refractivity contribution in [2.75, 3.05) is 17.3 Å². The van der Waals surface area contributed by atoms with E-state index >= 15 is 0 Å². The molecule has 0 heterocycles. The minimum absolute atomic E-state index is 0.115. The molecule has 5 heteroatoms. The first-order chi connectivity index (χ1) is 15.9. The lowest BCUT2D eigenvalue weighted by atomic mass is 9.98. The molecule has 0 aliphatic carbocycles. The van der Waals surface area contributed by atoms with Crippen LogP contribution in [0.3, 0.4) is 0 Å². The molecule has 0 bridgehead atoms. The van der Waals surface area contributed by atoms with Crippen LogP contribution in [0.1, 0.15) is 55.5 Å². The molecule has 0 aliphatic heterocycles. The average Bonchev–Trinajstić information content (AvgIpc) is 2.87. The van der Waals surface area contributed by atoms with Gasteiger partial charge in [-0.05, 0) is 66.8 Å². The van der Waals surface area contributed by atoms with E-state index < -0.39 is 6.10 Å². The summed E-state index contributed by atoms with van der Waals surface area (Å²) in [6.45, 7) is 6.22. The molecule has 2 atom stereocenters. The number of nitrogens with one attached hydrogen (secondary N) is 1. The van der Waals surface area contributed by atoms with E-state index in [1.54, 1.807) is 36.2 Å². The van der Waals surface area contributed by atoms with Gasteiger partial charge < -0.3 is 15.0 Å². The van der Waals surface area contributed by atoms with Gasteiger partial charge in [0.25, 0.3) is 11.8 Å². The molecule has 33 heavy (non-hydrogen) atoms. The van der Waals surface area contributed by atoms with Crippen molar-refractivity contribution in [3.63, 3.8) is 0 Å². The first kappa shape index (κ1) is 24.1. The average molecular weight is 445 g/mol. The molecule has 0 saturated heterocycles. The van der Waals surface area contributed by atoms with Crippen LogP contribution in [0.5, 0.6) is 5.75 Å². The quantitative estimate of drug-likeness (QED) is 0.423.